The standard InChI is InChI=1S/C24H35N5O3/c1-15(2)20(16(3)21(25-5)28-24(4)10-11-24)23(30)29-12-8-17(9-13-29)22-26-18(31-6)14-19(27-22)32-7/h14,17,28H,5,8-13H2,1-4,6-7H3/b21-16-. The van der Waals surface area contributed by atoms with Crippen LogP contribution in [0.25, 0.3) is 0 Å². The molecule has 1 saturated carbocycles. The van der Waals surface area contributed by atoms with Gasteiger partial charge in [-0.15, -0.1) is 0 Å². The summed E-state index contributed by atoms with van der Waals surface area (Å²) >= 11 is 0. The van der Waals surface area contributed by atoms with E-state index in [0.29, 0.717) is 42.1 Å². The van der Waals surface area contributed by atoms with Gasteiger partial charge in [-0.2, -0.15) is 9.97 Å². The molecule has 0 spiro atoms. The van der Waals surface area contributed by atoms with Gasteiger partial charge in [-0.3, -0.25) is 4.79 Å². The number of aromatic nitrogens is 2. The topological polar surface area (TPSA) is 88.9 Å². The lowest BCUT2D eigenvalue weighted by Crippen LogP contribution is -2.40. The number of nitrogens with zero attached hydrogens (tertiary/aromatic N) is 4. The Balaban J connectivity index is 1.74. The zero-order valence-electron chi connectivity index (χ0n) is 20.1. The Morgan fingerprint density at radius 1 is 1.16 bits per heavy atom. The van der Waals surface area contributed by atoms with Crippen LogP contribution in [0.15, 0.2) is 33.6 Å². The van der Waals surface area contributed by atoms with E-state index in [2.05, 4.69) is 33.9 Å². The number of carbonyl (C=O) groups is 1. The van der Waals surface area contributed by atoms with Crippen LogP contribution >= 0.6 is 0 Å². The summed E-state index contributed by atoms with van der Waals surface area (Å²) in [5, 5.41) is 3.47. The third-order valence-electron chi connectivity index (χ3n) is 6.28. The monoisotopic (exact) mass is 441 g/mol. The number of nitrogens with one attached hydrogen (secondary N) is 1. The maximum Gasteiger partial charge on any atom is 0.254 e. The van der Waals surface area contributed by atoms with Crippen molar-refractivity contribution < 1.29 is 14.3 Å². The number of hydrogen-bond donors (Lipinski definition) is 1. The summed E-state index contributed by atoms with van der Waals surface area (Å²) < 4.78 is 10.6. The molecule has 1 aliphatic heterocycles. The summed E-state index contributed by atoms with van der Waals surface area (Å²) in [6.07, 6.45) is 3.76. The number of allylic oxidation sites excluding steroid dienone is 1. The minimum absolute atomic E-state index is 0.0361. The van der Waals surface area contributed by atoms with Gasteiger partial charge in [0.2, 0.25) is 11.8 Å². The Labute approximate surface area is 190 Å². The SMILES string of the molecule is C=N/C(NC1(C)CC1)=C(\C)C(C(=O)N1CCC(c2nc(OC)cc(OC)n2)CC1)=C(C)C. The molecular weight excluding hydrogens is 406 g/mol. The third-order valence-corrected chi connectivity index (χ3v) is 6.28. The van der Waals surface area contributed by atoms with Gasteiger partial charge in [0, 0.05) is 35.7 Å². The van der Waals surface area contributed by atoms with Crippen LogP contribution in [0, 0.1) is 0 Å². The number of carbonyl (C=O) groups excluding carboxylic acids is 1. The second kappa shape index (κ2) is 9.71. The smallest absolute Gasteiger partial charge is 0.254 e. The van der Waals surface area contributed by atoms with Crippen molar-refractivity contribution in [2.24, 2.45) is 4.99 Å². The third kappa shape index (κ3) is 5.29. The average molecular weight is 442 g/mol. The maximum absolute atomic E-state index is 13.5. The second-order valence-corrected chi connectivity index (χ2v) is 9.07. The number of likely N-dealkylation sites (tertiary alicyclic amines) is 1. The van der Waals surface area contributed by atoms with E-state index in [1.165, 1.54) is 0 Å². The summed E-state index contributed by atoms with van der Waals surface area (Å²) in [6.45, 7) is 13.1. The number of methoxy groups -OCH3 is 2. The summed E-state index contributed by atoms with van der Waals surface area (Å²) in [7, 11) is 3.16. The molecule has 0 radical (unpaired) electrons. The molecule has 0 aromatic carbocycles. The predicted octanol–water partition coefficient (Wildman–Crippen LogP) is 3.61. The number of amides is 1. The lowest BCUT2D eigenvalue weighted by Gasteiger charge is -2.32. The van der Waals surface area contributed by atoms with Crippen LogP contribution in [0.5, 0.6) is 11.8 Å². The van der Waals surface area contributed by atoms with E-state index in [4.69, 9.17) is 9.47 Å². The first-order valence-electron chi connectivity index (χ1n) is 11.1. The van der Waals surface area contributed by atoms with E-state index in [1.807, 2.05) is 25.7 Å². The fourth-order valence-corrected chi connectivity index (χ4v) is 4.03. The van der Waals surface area contributed by atoms with Crippen LogP contribution in [-0.4, -0.2) is 60.3 Å². The lowest BCUT2D eigenvalue weighted by molar-refractivity contribution is -0.128. The molecule has 1 aromatic rings. The molecule has 2 aliphatic rings. The van der Waals surface area contributed by atoms with Crippen LogP contribution < -0.4 is 14.8 Å². The van der Waals surface area contributed by atoms with E-state index >= 15 is 0 Å². The lowest BCUT2D eigenvalue weighted by atomic mass is 9.94. The Morgan fingerprint density at radius 3 is 2.16 bits per heavy atom. The maximum atomic E-state index is 13.5. The molecule has 1 aromatic heterocycles. The van der Waals surface area contributed by atoms with Gasteiger partial charge < -0.3 is 19.7 Å². The van der Waals surface area contributed by atoms with Gasteiger partial charge in [-0.05, 0) is 60.1 Å². The molecule has 32 heavy (non-hydrogen) atoms. The molecule has 0 bridgehead atoms. The molecule has 1 saturated heterocycles. The molecule has 3 rings (SSSR count). The quantitative estimate of drug-likeness (QED) is 0.377. The molecule has 1 aliphatic carbocycles. The second-order valence-electron chi connectivity index (χ2n) is 9.07. The first-order valence-corrected chi connectivity index (χ1v) is 11.1. The van der Waals surface area contributed by atoms with Crippen molar-refractivity contribution in [3.05, 3.63) is 34.4 Å². The van der Waals surface area contributed by atoms with Crippen molar-refractivity contribution in [3.63, 3.8) is 0 Å². The summed E-state index contributed by atoms with van der Waals surface area (Å²) in [5.41, 5.74) is 2.59. The molecule has 0 atom stereocenters. The number of hydrogen-bond acceptors (Lipinski definition) is 7. The van der Waals surface area contributed by atoms with Crippen molar-refractivity contribution in [2.75, 3.05) is 27.3 Å². The highest BCUT2D eigenvalue weighted by atomic mass is 16.5. The van der Waals surface area contributed by atoms with E-state index in [1.54, 1.807) is 20.3 Å². The molecule has 8 nitrogen and oxygen atoms in total. The van der Waals surface area contributed by atoms with Gasteiger partial charge in [-0.1, -0.05) is 5.57 Å². The molecular formula is C24H35N5O3. The van der Waals surface area contributed by atoms with Crippen LogP contribution in [-0.2, 0) is 4.79 Å². The number of ether oxygens (including phenoxy) is 2. The molecule has 8 heteroatoms. The minimum Gasteiger partial charge on any atom is -0.481 e. The number of rotatable bonds is 8. The minimum atomic E-state index is 0.0361. The Bertz CT molecular complexity index is 915. The van der Waals surface area contributed by atoms with Gasteiger partial charge >= 0.3 is 0 Å². The Kier molecular flexibility index (Phi) is 7.21. The highest BCUT2D eigenvalue weighted by molar-refractivity contribution is 5.98. The highest BCUT2D eigenvalue weighted by Crippen LogP contribution is 2.36. The highest BCUT2D eigenvalue weighted by Gasteiger charge is 2.38. The van der Waals surface area contributed by atoms with Gasteiger partial charge in [0.05, 0.1) is 20.3 Å². The molecule has 2 fully saturated rings. The summed E-state index contributed by atoms with van der Waals surface area (Å²) in [6, 6.07) is 1.67. The zero-order chi connectivity index (χ0) is 23.5. The van der Waals surface area contributed by atoms with Crippen LogP contribution in [0.4, 0.5) is 0 Å². The molecule has 0 unspecified atom stereocenters. The first kappa shape index (κ1) is 23.8. The Morgan fingerprint density at radius 2 is 1.72 bits per heavy atom. The van der Waals surface area contributed by atoms with E-state index in [-0.39, 0.29) is 17.4 Å². The number of piperidine rings is 1. The van der Waals surface area contributed by atoms with Gasteiger partial charge in [0.15, 0.2) is 0 Å². The van der Waals surface area contributed by atoms with Crippen molar-refractivity contribution in [3.8, 4) is 11.8 Å². The van der Waals surface area contributed by atoms with E-state index in [9.17, 15) is 4.79 Å². The molecule has 1 N–H and O–H groups in total. The van der Waals surface area contributed by atoms with Gasteiger partial charge in [0.1, 0.15) is 11.6 Å². The number of aliphatic imine (C=N–C) groups is 1. The van der Waals surface area contributed by atoms with Gasteiger partial charge in [-0.25, -0.2) is 4.99 Å². The van der Waals surface area contributed by atoms with Crippen molar-refractivity contribution >= 4 is 12.6 Å². The van der Waals surface area contributed by atoms with Crippen LogP contribution in [0.2, 0.25) is 0 Å². The average Bonchev–Trinajstić information content (AvgIpc) is 3.53. The zero-order valence-corrected chi connectivity index (χ0v) is 20.1. The van der Waals surface area contributed by atoms with Gasteiger partial charge in [0.25, 0.3) is 5.91 Å². The predicted molar refractivity (Wildman–Crippen MR) is 125 cm³/mol. The molecule has 2 heterocycles. The Hall–Kier alpha value is -2.90. The first-order chi connectivity index (χ1) is 15.2. The largest absolute Gasteiger partial charge is 0.481 e. The van der Waals surface area contributed by atoms with Crippen LogP contribution in [0.1, 0.15) is 65.1 Å². The normalized spacial score (nSPS) is 18.4. The van der Waals surface area contributed by atoms with Crippen LogP contribution in [0.3, 0.4) is 0 Å². The molecule has 174 valence electrons. The van der Waals surface area contributed by atoms with Crippen molar-refractivity contribution in [2.45, 2.75) is 64.8 Å². The summed E-state index contributed by atoms with van der Waals surface area (Å²) in [4.78, 5) is 28.6. The van der Waals surface area contributed by atoms with Crippen molar-refractivity contribution in [1.29, 1.82) is 0 Å². The van der Waals surface area contributed by atoms with E-state index < -0.39 is 0 Å². The fraction of sp³-hybridized carbons (Fsp3) is 0.583. The fourth-order valence-electron chi connectivity index (χ4n) is 4.03. The summed E-state index contributed by atoms with van der Waals surface area (Å²) in [5.74, 6) is 2.55. The van der Waals surface area contributed by atoms with E-state index in [0.717, 1.165) is 36.8 Å². The van der Waals surface area contributed by atoms with Crippen molar-refractivity contribution in [1.82, 2.24) is 20.2 Å². The molecule has 1 amide bonds.